The Labute approximate surface area is 221 Å². The van der Waals surface area contributed by atoms with E-state index in [2.05, 4.69) is 40.2 Å². The van der Waals surface area contributed by atoms with E-state index >= 15 is 0 Å². The third kappa shape index (κ3) is 5.30. The highest BCUT2D eigenvalue weighted by atomic mass is 32.2. The van der Waals surface area contributed by atoms with Crippen molar-refractivity contribution in [2.24, 2.45) is 10.9 Å². The summed E-state index contributed by atoms with van der Waals surface area (Å²) in [5.41, 5.74) is 5.15. The molecule has 0 saturated carbocycles. The molecule has 1 amide bonds. The van der Waals surface area contributed by atoms with Crippen LogP contribution in [0.5, 0.6) is 0 Å². The van der Waals surface area contributed by atoms with Crippen LogP contribution in [-0.4, -0.2) is 38.8 Å². The van der Waals surface area contributed by atoms with Gasteiger partial charge in [-0.25, -0.2) is 4.68 Å². The molecule has 6 heteroatoms. The van der Waals surface area contributed by atoms with Crippen molar-refractivity contribution in [1.29, 1.82) is 0 Å². The van der Waals surface area contributed by atoms with Crippen LogP contribution in [0.25, 0.3) is 23.0 Å². The molecule has 0 aliphatic carbocycles. The second-order valence-corrected chi connectivity index (χ2v) is 10.5. The molecule has 0 unspecified atom stereocenters. The number of piperidine rings is 1. The van der Waals surface area contributed by atoms with Gasteiger partial charge in [0.2, 0.25) is 0 Å². The quantitative estimate of drug-likeness (QED) is 0.293. The van der Waals surface area contributed by atoms with E-state index < -0.39 is 0 Å². The van der Waals surface area contributed by atoms with Crippen LogP contribution in [0.2, 0.25) is 0 Å². The van der Waals surface area contributed by atoms with Crippen molar-refractivity contribution in [1.82, 2.24) is 14.7 Å². The van der Waals surface area contributed by atoms with Crippen molar-refractivity contribution in [3.63, 3.8) is 0 Å². The topological polar surface area (TPSA) is 50.5 Å². The van der Waals surface area contributed by atoms with Crippen LogP contribution in [0.4, 0.5) is 0 Å². The lowest BCUT2D eigenvalue weighted by Crippen LogP contribution is -2.37. The summed E-state index contributed by atoms with van der Waals surface area (Å²) >= 11 is 1.48. The maximum absolute atomic E-state index is 12.9. The first-order valence-electron chi connectivity index (χ1n) is 12.7. The molecule has 0 atom stereocenters. The second-order valence-electron chi connectivity index (χ2n) is 9.51. The summed E-state index contributed by atoms with van der Waals surface area (Å²) in [5.74, 6) is 0.506. The number of nitrogens with zero attached hydrogens (tertiary/aromatic N) is 4. The molecule has 4 aromatic rings. The van der Waals surface area contributed by atoms with Gasteiger partial charge in [-0.3, -0.25) is 4.79 Å². The van der Waals surface area contributed by atoms with Gasteiger partial charge in [0, 0.05) is 30.4 Å². The average Bonchev–Trinajstić information content (AvgIpc) is 3.54. The fraction of sp³-hybridized carbons (Fsp3) is 0.194. The molecule has 0 spiro atoms. The second kappa shape index (κ2) is 10.6. The van der Waals surface area contributed by atoms with Crippen molar-refractivity contribution in [2.75, 3.05) is 13.1 Å². The van der Waals surface area contributed by atoms with Gasteiger partial charge in [0.05, 0.1) is 16.3 Å². The first-order valence-corrected chi connectivity index (χ1v) is 13.6. The number of likely N-dealkylation sites (tertiary alicyclic amines) is 1. The maximum Gasteiger partial charge on any atom is 0.286 e. The lowest BCUT2D eigenvalue weighted by molar-refractivity contribution is -0.113. The van der Waals surface area contributed by atoms with Gasteiger partial charge in [-0.1, -0.05) is 78.9 Å². The van der Waals surface area contributed by atoms with Crippen LogP contribution in [0.3, 0.4) is 0 Å². The molecule has 1 aromatic heterocycles. The lowest BCUT2D eigenvalue weighted by atomic mass is 9.90. The Morgan fingerprint density at radius 1 is 0.865 bits per heavy atom. The van der Waals surface area contributed by atoms with E-state index in [0.29, 0.717) is 10.8 Å². The highest BCUT2D eigenvalue weighted by Crippen LogP contribution is 2.35. The maximum atomic E-state index is 12.9. The molecule has 0 radical (unpaired) electrons. The molecule has 6 rings (SSSR count). The van der Waals surface area contributed by atoms with Gasteiger partial charge in [-0.15, -0.1) is 0 Å². The summed E-state index contributed by atoms with van der Waals surface area (Å²) in [6, 6.07) is 30.8. The number of para-hydroxylation sites is 1. The minimum Gasteiger partial charge on any atom is -0.351 e. The fourth-order valence-electron chi connectivity index (χ4n) is 4.98. The van der Waals surface area contributed by atoms with E-state index in [-0.39, 0.29) is 5.91 Å². The normalized spacial score (nSPS) is 17.4. The molecular weight excluding hydrogens is 476 g/mol. The van der Waals surface area contributed by atoms with E-state index in [0.717, 1.165) is 60.0 Å². The van der Waals surface area contributed by atoms with Crippen LogP contribution < -0.4 is 0 Å². The Bertz CT molecular complexity index is 1440. The molecule has 0 N–H and O–H groups in total. The molecular formula is C31H28N4OS. The number of carbonyl (C=O) groups excluding carboxylic acids is 1. The molecule has 184 valence electrons. The zero-order valence-corrected chi connectivity index (χ0v) is 21.3. The Kier molecular flexibility index (Phi) is 6.74. The average molecular weight is 505 g/mol. The number of aliphatic imine (C=N–C) groups is 1. The molecule has 3 aromatic carbocycles. The monoisotopic (exact) mass is 504 g/mol. The first kappa shape index (κ1) is 23.5. The summed E-state index contributed by atoms with van der Waals surface area (Å²) in [6.07, 6.45) is 7.28. The fourth-order valence-corrected chi connectivity index (χ4v) is 5.93. The highest BCUT2D eigenvalue weighted by molar-refractivity contribution is 8.18. The van der Waals surface area contributed by atoms with Gasteiger partial charge < -0.3 is 4.90 Å². The van der Waals surface area contributed by atoms with E-state index in [9.17, 15) is 4.79 Å². The van der Waals surface area contributed by atoms with Crippen LogP contribution in [0.1, 0.15) is 24.0 Å². The van der Waals surface area contributed by atoms with Crippen molar-refractivity contribution in [3.8, 4) is 16.9 Å². The van der Waals surface area contributed by atoms with Crippen LogP contribution in [-0.2, 0) is 11.2 Å². The number of benzene rings is 3. The summed E-state index contributed by atoms with van der Waals surface area (Å²) in [7, 11) is 0. The van der Waals surface area contributed by atoms with Crippen LogP contribution >= 0.6 is 11.8 Å². The molecule has 5 nitrogen and oxygen atoms in total. The first-order chi connectivity index (χ1) is 18.2. The van der Waals surface area contributed by atoms with Gasteiger partial charge >= 0.3 is 0 Å². The molecule has 2 aliphatic heterocycles. The van der Waals surface area contributed by atoms with Gasteiger partial charge in [0.1, 0.15) is 0 Å². The molecule has 3 heterocycles. The zero-order chi connectivity index (χ0) is 25.0. The van der Waals surface area contributed by atoms with Gasteiger partial charge in [-0.05, 0) is 60.7 Å². The third-order valence-corrected chi connectivity index (χ3v) is 8.00. The minimum absolute atomic E-state index is 0.169. The molecule has 1 fully saturated rings. The molecule has 0 bridgehead atoms. The number of thioether (sulfide) groups is 1. The van der Waals surface area contributed by atoms with Crippen molar-refractivity contribution in [2.45, 2.75) is 19.3 Å². The summed E-state index contributed by atoms with van der Waals surface area (Å²) in [5, 5.41) is 5.70. The van der Waals surface area contributed by atoms with E-state index in [1.54, 1.807) is 0 Å². The number of carbonyl (C=O) groups is 1. The SMILES string of the molecule is O=C1N=C(N2CCC(Cc3ccccc3)CC2)SC1=Cc1cn(-c2ccccc2)nc1-c1ccccc1. The van der Waals surface area contributed by atoms with E-state index in [4.69, 9.17) is 5.10 Å². The van der Waals surface area contributed by atoms with Crippen molar-refractivity contribution in [3.05, 3.63) is 113 Å². The smallest absolute Gasteiger partial charge is 0.286 e. The summed E-state index contributed by atoms with van der Waals surface area (Å²) in [6.45, 7) is 1.87. The van der Waals surface area contributed by atoms with Crippen LogP contribution in [0, 0.1) is 5.92 Å². The third-order valence-electron chi connectivity index (χ3n) is 6.96. The van der Waals surface area contributed by atoms with Crippen LogP contribution in [0.15, 0.2) is 107 Å². The van der Waals surface area contributed by atoms with Crippen molar-refractivity contribution >= 4 is 28.9 Å². The number of amidine groups is 1. The number of hydrogen-bond donors (Lipinski definition) is 0. The molecule has 2 aliphatic rings. The van der Waals surface area contributed by atoms with E-state index in [1.807, 2.05) is 77.6 Å². The van der Waals surface area contributed by atoms with Crippen molar-refractivity contribution < 1.29 is 4.79 Å². The Balaban J connectivity index is 1.19. The molecule has 1 saturated heterocycles. The Morgan fingerprint density at radius 2 is 1.51 bits per heavy atom. The van der Waals surface area contributed by atoms with Gasteiger partial charge in [0.25, 0.3) is 5.91 Å². The summed E-state index contributed by atoms with van der Waals surface area (Å²) < 4.78 is 1.87. The predicted molar refractivity (Wildman–Crippen MR) is 151 cm³/mol. The number of amides is 1. The minimum atomic E-state index is -0.169. The Hall–Kier alpha value is -3.90. The molecule has 37 heavy (non-hydrogen) atoms. The summed E-state index contributed by atoms with van der Waals surface area (Å²) in [4.78, 5) is 20.3. The number of rotatable bonds is 5. The highest BCUT2D eigenvalue weighted by Gasteiger charge is 2.29. The van der Waals surface area contributed by atoms with Gasteiger partial charge in [-0.2, -0.15) is 10.1 Å². The lowest BCUT2D eigenvalue weighted by Gasteiger charge is -2.32. The standard InChI is InChI=1S/C31H28N4OS/c36-30-28(37-31(32-30)34-18-16-24(17-19-34)20-23-10-4-1-5-11-23)21-26-22-35(27-14-8-3-9-15-27)33-29(26)25-12-6-2-7-13-25/h1-15,21-22,24H,16-20H2. The van der Waals surface area contributed by atoms with Gasteiger partial charge in [0.15, 0.2) is 5.17 Å². The largest absolute Gasteiger partial charge is 0.351 e. The zero-order valence-electron chi connectivity index (χ0n) is 20.5. The number of aromatic nitrogens is 2. The predicted octanol–water partition coefficient (Wildman–Crippen LogP) is 6.46. The van der Waals surface area contributed by atoms with E-state index in [1.165, 1.54) is 17.3 Å². The number of hydrogen-bond acceptors (Lipinski definition) is 4. The Morgan fingerprint density at radius 3 is 2.22 bits per heavy atom.